The first-order valence-corrected chi connectivity index (χ1v) is 11.1. The number of hydrogen-bond acceptors (Lipinski definition) is 5. The number of rotatable bonds is 5. The van der Waals surface area contributed by atoms with Crippen LogP contribution in [0, 0.1) is 5.92 Å². The zero-order chi connectivity index (χ0) is 18.8. The van der Waals surface area contributed by atoms with Crippen LogP contribution in [0.1, 0.15) is 42.3 Å². The van der Waals surface area contributed by atoms with Crippen LogP contribution in [0.2, 0.25) is 0 Å². The number of fused-ring (bicyclic) bond motifs is 3. The summed E-state index contributed by atoms with van der Waals surface area (Å²) in [4.78, 5) is 23.9. The summed E-state index contributed by atoms with van der Waals surface area (Å²) in [5.74, 6) is 1.13. The van der Waals surface area contributed by atoms with Gasteiger partial charge in [-0.15, -0.1) is 11.3 Å². The van der Waals surface area contributed by atoms with Gasteiger partial charge in [-0.05, 0) is 43.2 Å². The second-order valence-electron chi connectivity index (χ2n) is 7.20. The van der Waals surface area contributed by atoms with Crippen LogP contribution in [0.15, 0.2) is 41.7 Å². The van der Waals surface area contributed by atoms with Gasteiger partial charge in [-0.3, -0.25) is 4.79 Å². The molecule has 1 aromatic carbocycles. The lowest BCUT2D eigenvalue weighted by atomic mass is 9.89. The van der Waals surface area contributed by atoms with Crippen molar-refractivity contribution in [2.45, 2.75) is 44.2 Å². The van der Waals surface area contributed by atoms with E-state index in [2.05, 4.69) is 22.2 Å². The smallest absolute Gasteiger partial charge is 0.230 e. The number of aryl methyl sites for hydroxylation is 1. The van der Waals surface area contributed by atoms with Crippen molar-refractivity contribution in [3.63, 3.8) is 0 Å². The SMILES string of the molecule is C[C@@H]1CCc2c(sc3ncnc(SCC(=O)N[C@H](C)c4ccccc4)c23)C1. The molecule has 2 atom stereocenters. The second-order valence-corrected chi connectivity index (χ2v) is 9.25. The number of amides is 1. The minimum absolute atomic E-state index is 0.000104. The van der Waals surface area contributed by atoms with Crippen LogP contribution in [0.3, 0.4) is 0 Å². The maximum Gasteiger partial charge on any atom is 0.230 e. The number of carbonyl (C=O) groups is 1. The first kappa shape index (κ1) is 18.4. The molecule has 0 saturated carbocycles. The summed E-state index contributed by atoms with van der Waals surface area (Å²) in [5.41, 5.74) is 2.52. The quantitative estimate of drug-likeness (QED) is 0.497. The van der Waals surface area contributed by atoms with E-state index in [4.69, 9.17) is 0 Å². The lowest BCUT2D eigenvalue weighted by molar-refractivity contribution is -0.119. The molecule has 1 aliphatic rings. The Kier molecular flexibility index (Phi) is 5.45. The minimum Gasteiger partial charge on any atom is -0.349 e. The van der Waals surface area contributed by atoms with E-state index in [1.54, 1.807) is 17.7 Å². The molecule has 4 rings (SSSR count). The number of hydrogen-bond donors (Lipinski definition) is 1. The van der Waals surface area contributed by atoms with Crippen LogP contribution in [0.4, 0.5) is 0 Å². The fourth-order valence-electron chi connectivity index (χ4n) is 3.60. The molecule has 1 N–H and O–H groups in total. The molecule has 3 aromatic rings. The molecule has 6 heteroatoms. The maximum atomic E-state index is 12.4. The van der Waals surface area contributed by atoms with E-state index >= 15 is 0 Å². The molecule has 27 heavy (non-hydrogen) atoms. The van der Waals surface area contributed by atoms with E-state index in [1.165, 1.54) is 34.0 Å². The largest absolute Gasteiger partial charge is 0.349 e. The molecular formula is C21H23N3OS2. The van der Waals surface area contributed by atoms with Crippen LogP contribution in [0.5, 0.6) is 0 Å². The van der Waals surface area contributed by atoms with Crippen LogP contribution in [-0.4, -0.2) is 21.6 Å². The van der Waals surface area contributed by atoms with Gasteiger partial charge in [-0.1, -0.05) is 49.0 Å². The van der Waals surface area contributed by atoms with E-state index in [0.717, 1.165) is 34.2 Å². The fraction of sp³-hybridized carbons (Fsp3) is 0.381. The van der Waals surface area contributed by atoms with Crippen LogP contribution in [0.25, 0.3) is 10.2 Å². The van der Waals surface area contributed by atoms with Gasteiger partial charge in [0.1, 0.15) is 16.2 Å². The molecule has 0 spiro atoms. The molecule has 0 bridgehead atoms. The molecule has 140 valence electrons. The van der Waals surface area contributed by atoms with Crippen molar-refractivity contribution < 1.29 is 4.79 Å². The van der Waals surface area contributed by atoms with Crippen molar-refractivity contribution in [2.24, 2.45) is 5.92 Å². The summed E-state index contributed by atoms with van der Waals surface area (Å²) in [6, 6.07) is 10.0. The Bertz CT molecular complexity index is 955. The van der Waals surface area contributed by atoms with Crippen LogP contribution < -0.4 is 5.32 Å². The normalized spacial score (nSPS) is 17.5. The Morgan fingerprint density at radius 2 is 2.15 bits per heavy atom. The van der Waals surface area contributed by atoms with E-state index in [1.807, 2.05) is 37.3 Å². The van der Waals surface area contributed by atoms with Crippen molar-refractivity contribution >= 4 is 39.2 Å². The highest BCUT2D eigenvalue weighted by Gasteiger charge is 2.23. The molecule has 0 unspecified atom stereocenters. The molecule has 2 aromatic heterocycles. The Labute approximate surface area is 167 Å². The molecular weight excluding hydrogens is 374 g/mol. The van der Waals surface area contributed by atoms with E-state index < -0.39 is 0 Å². The Hall–Kier alpha value is -1.92. The molecule has 1 aliphatic carbocycles. The summed E-state index contributed by atoms with van der Waals surface area (Å²) >= 11 is 3.31. The highest BCUT2D eigenvalue weighted by molar-refractivity contribution is 8.00. The third-order valence-electron chi connectivity index (χ3n) is 5.07. The summed E-state index contributed by atoms with van der Waals surface area (Å²) < 4.78 is 0. The zero-order valence-corrected chi connectivity index (χ0v) is 17.2. The molecule has 0 radical (unpaired) electrons. The summed E-state index contributed by atoms with van der Waals surface area (Å²) in [7, 11) is 0. The number of carbonyl (C=O) groups excluding carboxylic acids is 1. The number of aromatic nitrogens is 2. The summed E-state index contributed by atoms with van der Waals surface area (Å²) in [6.45, 7) is 4.32. The monoisotopic (exact) mass is 397 g/mol. The second kappa shape index (κ2) is 7.98. The first-order chi connectivity index (χ1) is 13.1. The van der Waals surface area contributed by atoms with Gasteiger partial charge in [0, 0.05) is 10.3 Å². The summed E-state index contributed by atoms with van der Waals surface area (Å²) in [6.07, 6.45) is 5.07. The highest BCUT2D eigenvalue weighted by atomic mass is 32.2. The van der Waals surface area contributed by atoms with E-state index in [0.29, 0.717) is 5.75 Å². The molecule has 0 aliphatic heterocycles. The number of thioether (sulfide) groups is 1. The van der Waals surface area contributed by atoms with Gasteiger partial charge in [-0.25, -0.2) is 9.97 Å². The lowest BCUT2D eigenvalue weighted by Crippen LogP contribution is -2.28. The topological polar surface area (TPSA) is 54.9 Å². The third-order valence-corrected chi connectivity index (χ3v) is 7.23. The van der Waals surface area contributed by atoms with Crippen LogP contribution >= 0.6 is 23.1 Å². The van der Waals surface area contributed by atoms with Crippen molar-refractivity contribution in [1.82, 2.24) is 15.3 Å². The average molecular weight is 398 g/mol. The maximum absolute atomic E-state index is 12.4. The molecule has 2 heterocycles. The third kappa shape index (κ3) is 4.01. The lowest BCUT2D eigenvalue weighted by Gasteiger charge is -2.18. The molecule has 0 saturated heterocycles. The van der Waals surface area contributed by atoms with E-state index in [9.17, 15) is 4.79 Å². The van der Waals surface area contributed by atoms with Crippen molar-refractivity contribution in [3.05, 3.63) is 52.7 Å². The first-order valence-electron chi connectivity index (χ1n) is 9.34. The van der Waals surface area contributed by atoms with E-state index in [-0.39, 0.29) is 11.9 Å². The number of nitrogens with zero attached hydrogens (tertiary/aromatic N) is 2. The van der Waals surface area contributed by atoms with Gasteiger partial charge in [0.05, 0.1) is 11.8 Å². The molecule has 4 nitrogen and oxygen atoms in total. The average Bonchev–Trinajstić information content (AvgIpc) is 3.05. The van der Waals surface area contributed by atoms with Crippen molar-refractivity contribution in [1.29, 1.82) is 0 Å². The van der Waals surface area contributed by atoms with Gasteiger partial charge < -0.3 is 5.32 Å². The number of benzene rings is 1. The standard InChI is InChI=1S/C21H23N3OS2/c1-13-8-9-16-17(10-13)27-21-19(16)20(22-12-23-21)26-11-18(25)24-14(2)15-6-4-3-5-7-15/h3-7,12-14H,8-11H2,1-2H3,(H,24,25)/t13-,14-/m1/s1. The van der Waals surface area contributed by atoms with Gasteiger partial charge >= 0.3 is 0 Å². The van der Waals surface area contributed by atoms with Crippen molar-refractivity contribution in [2.75, 3.05) is 5.75 Å². The van der Waals surface area contributed by atoms with Gasteiger partial charge in [-0.2, -0.15) is 0 Å². The zero-order valence-electron chi connectivity index (χ0n) is 15.6. The predicted molar refractivity (Wildman–Crippen MR) is 112 cm³/mol. The Balaban J connectivity index is 1.47. The Morgan fingerprint density at radius 3 is 2.96 bits per heavy atom. The van der Waals surface area contributed by atoms with Gasteiger partial charge in [0.15, 0.2) is 0 Å². The molecule has 1 amide bonds. The van der Waals surface area contributed by atoms with Gasteiger partial charge in [0.2, 0.25) is 5.91 Å². The number of thiophene rings is 1. The van der Waals surface area contributed by atoms with Crippen molar-refractivity contribution in [3.8, 4) is 0 Å². The summed E-state index contributed by atoms with van der Waals surface area (Å²) in [5, 5.41) is 5.19. The Morgan fingerprint density at radius 1 is 1.33 bits per heavy atom. The highest BCUT2D eigenvalue weighted by Crippen LogP contribution is 2.40. The van der Waals surface area contributed by atoms with Gasteiger partial charge in [0.25, 0.3) is 0 Å². The fourth-order valence-corrected chi connectivity index (χ4v) is 5.85. The molecule has 0 fully saturated rings. The minimum atomic E-state index is 0.000104. The number of nitrogens with one attached hydrogen (secondary N) is 1. The predicted octanol–water partition coefficient (Wildman–Crippen LogP) is 4.79. The van der Waals surface area contributed by atoms with Crippen LogP contribution in [-0.2, 0) is 17.6 Å².